The second-order valence-electron chi connectivity index (χ2n) is 3.69. The van der Waals surface area contributed by atoms with E-state index in [9.17, 15) is 4.79 Å². The highest BCUT2D eigenvalue weighted by Gasteiger charge is 2.24. The molecule has 0 N–H and O–H groups in total. The molecule has 0 atom stereocenters. The molecule has 0 aliphatic carbocycles. The van der Waals surface area contributed by atoms with Gasteiger partial charge in [-0.15, -0.1) is 0 Å². The molecule has 2 heterocycles. The number of hydrazine groups is 1. The van der Waals surface area contributed by atoms with Crippen molar-refractivity contribution in [2.24, 2.45) is 0 Å². The summed E-state index contributed by atoms with van der Waals surface area (Å²) in [4.78, 5) is 11.2. The van der Waals surface area contributed by atoms with E-state index in [1.807, 2.05) is 0 Å². The van der Waals surface area contributed by atoms with Gasteiger partial charge in [-0.3, -0.25) is 4.79 Å². The fraction of sp³-hybridized carbons (Fsp3) is 0.889. The van der Waals surface area contributed by atoms with Crippen LogP contribution in [0.2, 0.25) is 0 Å². The Bertz CT molecular complexity index is 175. The van der Waals surface area contributed by atoms with E-state index >= 15 is 0 Å². The van der Waals surface area contributed by atoms with E-state index in [1.54, 1.807) is 0 Å². The van der Waals surface area contributed by atoms with Gasteiger partial charge in [0.2, 0.25) is 0 Å². The van der Waals surface area contributed by atoms with Crippen molar-refractivity contribution < 1.29 is 4.79 Å². The van der Waals surface area contributed by atoms with Crippen LogP contribution in [-0.2, 0) is 4.79 Å². The van der Waals surface area contributed by atoms with E-state index in [2.05, 4.69) is 10.0 Å². The molecule has 0 aromatic carbocycles. The second kappa shape index (κ2) is 3.54. The van der Waals surface area contributed by atoms with Crippen molar-refractivity contribution in [3.05, 3.63) is 0 Å². The van der Waals surface area contributed by atoms with E-state index < -0.39 is 0 Å². The summed E-state index contributed by atoms with van der Waals surface area (Å²) in [5, 5.41) is 4.58. The number of hydrogen-bond donors (Lipinski definition) is 0. The van der Waals surface area contributed by atoms with Crippen LogP contribution in [0.25, 0.3) is 0 Å². The Morgan fingerprint density at radius 1 is 0.917 bits per heavy atom. The first-order valence-corrected chi connectivity index (χ1v) is 4.88. The minimum Gasteiger partial charge on any atom is -0.298 e. The molecule has 2 rings (SSSR count). The van der Waals surface area contributed by atoms with Crippen LogP contribution in [-0.4, -0.2) is 42.0 Å². The highest BCUT2D eigenvalue weighted by Crippen LogP contribution is 2.14. The number of ketones is 1. The van der Waals surface area contributed by atoms with Crippen molar-refractivity contribution >= 4 is 5.78 Å². The lowest BCUT2D eigenvalue weighted by Crippen LogP contribution is -2.46. The molecule has 2 fully saturated rings. The van der Waals surface area contributed by atoms with E-state index in [0.717, 1.165) is 32.5 Å². The van der Waals surface area contributed by atoms with Crippen LogP contribution in [0, 0.1) is 0 Å². The molecule has 68 valence electrons. The van der Waals surface area contributed by atoms with Gasteiger partial charge in [0.1, 0.15) is 5.78 Å². The Balaban J connectivity index is 1.89. The lowest BCUT2D eigenvalue weighted by atomic mass is 10.1. The van der Waals surface area contributed by atoms with Gasteiger partial charge in [0.25, 0.3) is 0 Å². The number of nitrogens with zero attached hydrogens (tertiary/aromatic N) is 2. The number of Topliss-reactive ketones (excluding diaryl/α,β-unsaturated/α-hetero) is 1. The van der Waals surface area contributed by atoms with Gasteiger partial charge in [0.05, 0.1) is 6.54 Å². The van der Waals surface area contributed by atoms with Crippen molar-refractivity contribution in [3.8, 4) is 0 Å². The monoisotopic (exact) mass is 168 g/mol. The fourth-order valence-corrected chi connectivity index (χ4v) is 2.05. The summed E-state index contributed by atoms with van der Waals surface area (Å²) >= 11 is 0. The number of carbonyl (C=O) groups excluding carboxylic acids is 1. The summed E-state index contributed by atoms with van der Waals surface area (Å²) in [6.45, 7) is 4.08. The molecule has 3 nitrogen and oxygen atoms in total. The van der Waals surface area contributed by atoms with Crippen LogP contribution in [0.1, 0.15) is 25.7 Å². The van der Waals surface area contributed by atoms with Crippen molar-refractivity contribution in [2.75, 3.05) is 26.2 Å². The molecule has 0 aromatic heterocycles. The molecule has 3 heteroatoms. The summed E-state index contributed by atoms with van der Waals surface area (Å²) < 4.78 is 0. The van der Waals surface area contributed by atoms with Crippen LogP contribution in [0.15, 0.2) is 0 Å². The smallest absolute Gasteiger partial charge is 0.148 e. The van der Waals surface area contributed by atoms with Gasteiger partial charge < -0.3 is 0 Å². The third-order valence-corrected chi connectivity index (χ3v) is 2.71. The van der Waals surface area contributed by atoms with Gasteiger partial charge >= 0.3 is 0 Å². The zero-order valence-corrected chi connectivity index (χ0v) is 7.46. The molecule has 12 heavy (non-hydrogen) atoms. The Kier molecular flexibility index (Phi) is 2.42. The number of carbonyl (C=O) groups is 1. The topological polar surface area (TPSA) is 23.6 Å². The fourth-order valence-electron chi connectivity index (χ4n) is 2.05. The summed E-state index contributed by atoms with van der Waals surface area (Å²) in [6.07, 6.45) is 4.44. The van der Waals surface area contributed by atoms with Gasteiger partial charge in [-0.25, -0.2) is 10.0 Å². The van der Waals surface area contributed by atoms with Gasteiger partial charge in [-0.2, -0.15) is 0 Å². The summed E-state index contributed by atoms with van der Waals surface area (Å²) in [6, 6.07) is 0. The van der Waals surface area contributed by atoms with Crippen molar-refractivity contribution in [2.45, 2.75) is 25.7 Å². The molecule has 0 unspecified atom stereocenters. The highest BCUT2D eigenvalue weighted by molar-refractivity contribution is 5.80. The highest BCUT2D eigenvalue weighted by atomic mass is 16.1. The molecule has 0 aromatic rings. The van der Waals surface area contributed by atoms with E-state index in [0.29, 0.717) is 12.3 Å². The van der Waals surface area contributed by atoms with Crippen LogP contribution in [0.3, 0.4) is 0 Å². The van der Waals surface area contributed by atoms with E-state index in [-0.39, 0.29) is 0 Å². The van der Waals surface area contributed by atoms with Crippen molar-refractivity contribution in [3.63, 3.8) is 0 Å². The van der Waals surface area contributed by atoms with E-state index in [4.69, 9.17) is 0 Å². The third kappa shape index (κ3) is 1.67. The van der Waals surface area contributed by atoms with Crippen molar-refractivity contribution in [1.82, 2.24) is 10.0 Å². The predicted molar refractivity (Wildman–Crippen MR) is 46.6 cm³/mol. The maximum absolute atomic E-state index is 11.2. The molecule has 0 spiro atoms. The largest absolute Gasteiger partial charge is 0.298 e. The minimum absolute atomic E-state index is 0.410. The van der Waals surface area contributed by atoms with Gasteiger partial charge in [0.15, 0.2) is 0 Å². The molecule has 0 radical (unpaired) electrons. The van der Waals surface area contributed by atoms with E-state index in [1.165, 1.54) is 12.8 Å². The Labute approximate surface area is 73.3 Å². The summed E-state index contributed by atoms with van der Waals surface area (Å²) in [5.74, 6) is 0.410. The van der Waals surface area contributed by atoms with Crippen molar-refractivity contribution in [1.29, 1.82) is 0 Å². The maximum atomic E-state index is 11.2. The standard InChI is InChI=1S/C9H16N2O/c12-9-4-3-7-11(8-9)10-5-1-2-6-10/h1-8H2. The van der Waals surface area contributed by atoms with Crippen LogP contribution in [0.4, 0.5) is 0 Å². The zero-order valence-electron chi connectivity index (χ0n) is 7.46. The van der Waals surface area contributed by atoms with Crippen LogP contribution in [0.5, 0.6) is 0 Å². The molecule has 2 saturated heterocycles. The Hall–Kier alpha value is -0.410. The second-order valence-corrected chi connectivity index (χ2v) is 3.69. The Morgan fingerprint density at radius 2 is 1.58 bits per heavy atom. The quantitative estimate of drug-likeness (QED) is 0.574. The first-order chi connectivity index (χ1) is 5.86. The molecule has 0 amide bonds. The normalized spacial score (nSPS) is 28.2. The Morgan fingerprint density at radius 3 is 2.25 bits per heavy atom. The lowest BCUT2D eigenvalue weighted by molar-refractivity contribution is -0.129. The molecule has 2 aliphatic rings. The van der Waals surface area contributed by atoms with Gasteiger partial charge in [-0.05, 0) is 19.3 Å². The average Bonchev–Trinajstić information content (AvgIpc) is 2.56. The minimum atomic E-state index is 0.410. The zero-order chi connectivity index (χ0) is 8.39. The molecular weight excluding hydrogens is 152 g/mol. The maximum Gasteiger partial charge on any atom is 0.148 e. The molecule has 0 bridgehead atoms. The predicted octanol–water partition coefficient (Wildman–Crippen LogP) is 0.662. The molecule has 2 aliphatic heterocycles. The third-order valence-electron chi connectivity index (χ3n) is 2.71. The van der Waals surface area contributed by atoms with Gasteiger partial charge in [0, 0.05) is 26.1 Å². The first-order valence-electron chi connectivity index (χ1n) is 4.88. The number of piperidine rings is 1. The van der Waals surface area contributed by atoms with Crippen LogP contribution < -0.4 is 0 Å². The van der Waals surface area contributed by atoms with Gasteiger partial charge in [-0.1, -0.05) is 0 Å². The molecular formula is C9H16N2O. The summed E-state index contributed by atoms with van der Waals surface area (Å²) in [7, 11) is 0. The lowest BCUT2D eigenvalue weighted by Gasteiger charge is -2.33. The molecule has 0 saturated carbocycles. The summed E-state index contributed by atoms with van der Waals surface area (Å²) in [5.41, 5.74) is 0. The van der Waals surface area contributed by atoms with Crippen LogP contribution >= 0.6 is 0 Å². The SMILES string of the molecule is O=C1CCCN(N2CCCC2)C1. The average molecular weight is 168 g/mol. The number of hydrogen-bond acceptors (Lipinski definition) is 3. The number of rotatable bonds is 1. The first kappa shape index (κ1) is 8.20.